The van der Waals surface area contributed by atoms with E-state index in [0.717, 1.165) is 19.5 Å². The Hall–Kier alpha value is -2.88. The molecule has 3 atom stereocenters. The second-order valence-corrected chi connectivity index (χ2v) is 12.0. The molecule has 1 saturated carbocycles. The summed E-state index contributed by atoms with van der Waals surface area (Å²) >= 11 is 6.88. The molecule has 5 rings (SSSR count). The van der Waals surface area contributed by atoms with Gasteiger partial charge in [0.15, 0.2) is 11.4 Å². The van der Waals surface area contributed by atoms with E-state index in [0.29, 0.717) is 28.1 Å². The van der Waals surface area contributed by atoms with Crippen molar-refractivity contribution in [3.05, 3.63) is 50.4 Å². The predicted octanol–water partition coefficient (Wildman–Crippen LogP) is 3.64. The topological polar surface area (TPSA) is 161 Å². The highest BCUT2D eigenvalue weighted by Gasteiger charge is 2.59. The molecule has 0 radical (unpaired) electrons. The zero-order valence-corrected chi connectivity index (χ0v) is 23.0. The lowest BCUT2D eigenvalue weighted by Crippen LogP contribution is -2.57. The van der Waals surface area contributed by atoms with Crippen LogP contribution in [0.1, 0.15) is 73.9 Å². The number of primary amides is 1. The van der Waals surface area contributed by atoms with Crippen molar-refractivity contribution in [2.24, 2.45) is 23.0 Å². The SMILES string of the molecule is CCN(Cc1cc(O)c2c(c1Cl)CC1C[C@H]3CC(O)=C(C(N)=O)C(=O)[C@@]3(O)C(O)=C1C2=O)CC1(CC)CCC1. The number of aliphatic hydroxyl groups excluding tert-OH is 2. The zero-order chi connectivity index (χ0) is 28.4. The van der Waals surface area contributed by atoms with Gasteiger partial charge in [-0.2, -0.15) is 0 Å². The van der Waals surface area contributed by atoms with Crippen LogP contribution in [-0.2, 0) is 22.6 Å². The Kier molecular flexibility index (Phi) is 6.84. The van der Waals surface area contributed by atoms with E-state index < -0.39 is 52.0 Å². The molecule has 0 heterocycles. The van der Waals surface area contributed by atoms with Crippen molar-refractivity contribution in [2.45, 2.75) is 70.9 Å². The summed E-state index contributed by atoms with van der Waals surface area (Å²) in [6.45, 7) is 6.54. The van der Waals surface area contributed by atoms with Crippen molar-refractivity contribution in [1.82, 2.24) is 4.90 Å². The Balaban J connectivity index is 1.52. The molecule has 1 unspecified atom stereocenters. The first-order valence-electron chi connectivity index (χ1n) is 13.6. The molecule has 10 heteroatoms. The number of fused-ring (bicyclic) bond motifs is 3. The van der Waals surface area contributed by atoms with E-state index in [9.17, 15) is 34.8 Å². The van der Waals surface area contributed by atoms with Crippen LogP contribution in [0.25, 0.3) is 0 Å². The number of aliphatic hydroxyl groups is 3. The average molecular weight is 559 g/mol. The van der Waals surface area contributed by atoms with Gasteiger partial charge < -0.3 is 26.2 Å². The van der Waals surface area contributed by atoms with Gasteiger partial charge in [-0.3, -0.25) is 19.3 Å². The number of amides is 1. The Morgan fingerprint density at radius 3 is 2.44 bits per heavy atom. The highest BCUT2D eigenvalue weighted by Crippen LogP contribution is 2.52. The molecule has 4 aliphatic carbocycles. The number of nitrogens with zero attached hydrogens (tertiary/aromatic N) is 1. The molecule has 6 N–H and O–H groups in total. The van der Waals surface area contributed by atoms with Gasteiger partial charge in [-0.25, -0.2) is 0 Å². The van der Waals surface area contributed by atoms with Crippen LogP contribution >= 0.6 is 11.6 Å². The molecule has 1 fully saturated rings. The maximum absolute atomic E-state index is 13.7. The Morgan fingerprint density at radius 1 is 1.18 bits per heavy atom. The molecule has 210 valence electrons. The first-order chi connectivity index (χ1) is 18.4. The lowest BCUT2D eigenvalue weighted by atomic mass is 9.60. The fraction of sp³-hybridized carbons (Fsp3) is 0.552. The number of rotatable bonds is 7. The molecule has 1 amide bonds. The number of nitrogens with two attached hydrogens (primary N) is 1. The van der Waals surface area contributed by atoms with Gasteiger partial charge in [0, 0.05) is 36.0 Å². The summed E-state index contributed by atoms with van der Waals surface area (Å²) in [5, 5.41) is 44.2. The summed E-state index contributed by atoms with van der Waals surface area (Å²) in [5.41, 5.74) is 3.10. The zero-order valence-electron chi connectivity index (χ0n) is 22.2. The first-order valence-corrected chi connectivity index (χ1v) is 14.0. The predicted molar refractivity (Wildman–Crippen MR) is 143 cm³/mol. The molecular formula is C29H35ClN2O7. The number of carbonyl (C=O) groups excluding carboxylic acids is 3. The van der Waals surface area contributed by atoms with Gasteiger partial charge in [0.2, 0.25) is 5.78 Å². The van der Waals surface area contributed by atoms with Gasteiger partial charge in [0.05, 0.1) is 5.56 Å². The van der Waals surface area contributed by atoms with E-state index >= 15 is 0 Å². The molecule has 4 aliphatic rings. The van der Waals surface area contributed by atoms with E-state index in [1.807, 2.05) is 0 Å². The van der Waals surface area contributed by atoms with Crippen molar-refractivity contribution in [2.75, 3.05) is 13.1 Å². The van der Waals surface area contributed by atoms with Crippen LogP contribution in [-0.4, -0.2) is 61.5 Å². The highest BCUT2D eigenvalue weighted by atomic mass is 35.5. The summed E-state index contributed by atoms with van der Waals surface area (Å²) in [7, 11) is 0. The van der Waals surface area contributed by atoms with Gasteiger partial charge >= 0.3 is 0 Å². The average Bonchev–Trinajstić information content (AvgIpc) is 2.85. The first kappa shape index (κ1) is 27.7. The van der Waals surface area contributed by atoms with Crippen LogP contribution in [0.5, 0.6) is 5.75 Å². The molecule has 0 aromatic heterocycles. The summed E-state index contributed by atoms with van der Waals surface area (Å²) in [4.78, 5) is 40.8. The Bertz CT molecular complexity index is 1340. The second-order valence-electron chi connectivity index (χ2n) is 11.6. The molecule has 1 aromatic carbocycles. The minimum absolute atomic E-state index is 0.0626. The lowest BCUT2D eigenvalue weighted by Gasteiger charge is -2.46. The number of carbonyl (C=O) groups is 3. The Morgan fingerprint density at radius 2 is 1.87 bits per heavy atom. The van der Waals surface area contributed by atoms with Crippen LogP contribution in [0.2, 0.25) is 5.02 Å². The van der Waals surface area contributed by atoms with Crippen molar-refractivity contribution >= 4 is 29.1 Å². The normalized spacial score (nSPS) is 27.7. The van der Waals surface area contributed by atoms with Crippen LogP contribution in [0.15, 0.2) is 28.7 Å². The number of phenols is 1. The van der Waals surface area contributed by atoms with Crippen LogP contribution in [0.3, 0.4) is 0 Å². The van der Waals surface area contributed by atoms with Crippen molar-refractivity contribution in [3.63, 3.8) is 0 Å². The van der Waals surface area contributed by atoms with Gasteiger partial charge in [0.25, 0.3) is 5.91 Å². The number of hydrogen-bond acceptors (Lipinski definition) is 8. The standard InChI is InChI=1S/C29H35ClN2O7/c1-3-28(6-5-7-28)13-32(4-2)12-15-10-18(33)21-17(23(15)30)9-14-8-16-11-19(34)22(27(31)38)26(37)29(16,39)25(36)20(14)24(21)35/h10,14,16,33-34,36,39H,3-9,11-13H2,1-2H3,(H2,31,38)/t14?,16-,29-/m0/s1. The third-order valence-electron chi connectivity index (χ3n) is 9.63. The third kappa shape index (κ3) is 4.08. The molecule has 0 bridgehead atoms. The number of aromatic hydroxyl groups is 1. The third-order valence-corrected chi connectivity index (χ3v) is 10.1. The quantitative estimate of drug-likeness (QED) is 0.317. The number of benzene rings is 1. The van der Waals surface area contributed by atoms with Crippen molar-refractivity contribution in [1.29, 1.82) is 0 Å². The van der Waals surface area contributed by atoms with Gasteiger partial charge in [-0.1, -0.05) is 31.9 Å². The molecule has 9 nitrogen and oxygen atoms in total. The molecular weight excluding hydrogens is 524 g/mol. The maximum atomic E-state index is 13.7. The largest absolute Gasteiger partial charge is 0.511 e. The smallest absolute Gasteiger partial charge is 0.255 e. The number of ketones is 2. The number of phenolic OH excluding ortho intramolecular Hbond substituents is 1. The van der Waals surface area contributed by atoms with Crippen molar-refractivity contribution in [3.8, 4) is 5.75 Å². The summed E-state index contributed by atoms with van der Waals surface area (Å²) in [6, 6.07) is 1.48. The van der Waals surface area contributed by atoms with Gasteiger partial charge in [0.1, 0.15) is 22.8 Å². The van der Waals surface area contributed by atoms with Crippen molar-refractivity contribution < 1.29 is 34.8 Å². The van der Waals surface area contributed by atoms with Crippen LogP contribution < -0.4 is 5.73 Å². The van der Waals surface area contributed by atoms with E-state index in [1.165, 1.54) is 25.3 Å². The molecule has 0 aliphatic heterocycles. The second kappa shape index (κ2) is 9.64. The monoisotopic (exact) mass is 558 g/mol. The summed E-state index contributed by atoms with van der Waals surface area (Å²) in [5.74, 6) is -6.47. The van der Waals surface area contributed by atoms with E-state index in [2.05, 4.69) is 18.7 Å². The molecule has 0 saturated heterocycles. The van der Waals surface area contributed by atoms with E-state index in [-0.39, 0.29) is 36.1 Å². The van der Waals surface area contributed by atoms with Crippen LogP contribution in [0.4, 0.5) is 0 Å². The van der Waals surface area contributed by atoms with Gasteiger partial charge in [-0.05, 0) is 67.2 Å². The fourth-order valence-corrected chi connectivity index (χ4v) is 7.42. The lowest BCUT2D eigenvalue weighted by molar-refractivity contribution is -0.144. The van der Waals surface area contributed by atoms with Crippen LogP contribution in [0, 0.1) is 17.3 Å². The maximum Gasteiger partial charge on any atom is 0.255 e. The molecule has 0 spiro atoms. The number of halogens is 1. The molecule has 39 heavy (non-hydrogen) atoms. The minimum Gasteiger partial charge on any atom is -0.511 e. The van der Waals surface area contributed by atoms with E-state index in [4.69, 9.17) is 17.3 Å². The van der Waals surface area contributed by atoms with Gasteiger partial charge in [-0.15, -0.1) is 0 Å². The number of Topliss-reactive ketones (excluding diaryl/α,β-unsaturated/α-hetero) is 2. The summed E-state index contributed by atoms with van der Waals surface area (Å²) in [6.07, 6.45) is 4.72. The minimum atomic E-state index is -2.58. The Labute approximate surface area is 231 Å². The number of allylic oxidation sites excluding steroid dienone is 2. The highest BCUT2D eigenvalue weighted by molar-refractivity contribution is 6.33. The van der Waals surface area contributed by atoms with E-state index in [1.54, 1.807) is 0 Å². The number of hydrogen-bond donors (Lipinski definition) is 5. The molecule has 1 aromatic rings. The fourth-order valence-electron chi connectivity index (χ4n) is 7.13. The summed E-state index contributed by atoms with van der Waals surface area (Å²) < 4.78 is 0.